The molecule has 4 nitrogen and oxygen atoms in total. The lowest BCUT2D eigenvalue weighted by molar-refractivity contribution is -0.126. The Balaban J connectivity index is 1.99. The first kappa shape index (κ1) is 14.9. The number of likely N-dealkylation sites (N-methyl/N-ethyl adjacent to an activating group) is 1. The molecule has 0 spiro atoms. The van der Waals surface area contributed by atoms with Crippen LogP contribution in [0.2, 0.25) is 0 Å². The van der Waals surface area contributed by atoms with Gasteiger partial charge in [-0.25, -0.2) is 4.39 Å². The topological polar surface area (TPSA) is 50.4 Å². The van der Waals surface area contributed by atoms with Crippen LogP contribution in [0.3, 0.4) is 0 Å². The number of hydrogen-bond donors (Lipinski definition) is 2. The summed E-state index contributed by atoms with van der Waals surface area (Å²) in [6.07, 6.45) is 0. The number of hydrogen-bond acceptors (Lipinski definition) is 3. The molecule has 110 valence electrons. The van der Waals surface area contributed by atoms with Crippen LogP contribution >= 0.6 is 0 Å². The summed E-state index contributed by atoms with van der Waals surface area (Å²) in [4.78, 5) is 12.3. The molecule has 5 heteroatoms. The van der Waals surface area contributed by atoms with Crippen LogP contribution in [-0.4, -0.2) is 31.7 Å². The van der Waals surface area contributed by atoms with Gasteiger partial charge in [-0.05, 0) is 19.5 Å². The molecule has 1 aliphatic heterocycles. The van der Waals surface area contributed by atoms with E-state index in [1.807, 2.05) is 6.92 Å². The van der Waals surface area contributed by atoms with Crippen molar-refractivity contribution in [2.75, 3.05) is 19.8 Å². The number of nitrogens with one attached hydrogen (secondary N) is 2. The van der Waals surface area contributed by atoms with Crippen molar-refractivity contribution in [2.24, 2.45) is 5.92 Å². The van der Waals surface area contributed by atoms with Crippen LogP contribution in [0.25, 0.3) is 0 Å². The molecule has 2 rings (SSSR count). The summed E-state index contributed by atoms with van der Waals surface area (Å²) in [5.74, 6) is -0.611. The van der Waals surface area contributed by atoms with Gasteiger partial charge in [-0.15, -0.1) is 0 Å². The molecule has 0 saturated carbocycles. The highest BCUT2D eigenvalue weighted by atomic mass is 19.1. The van der Waals surface area contributed by atoms with Gasteiger partial charge in [0.2, 0.25) is 5.91 Å². The van der Waals surface area contributed by atoms with Crippen LogP contribution in [0.1, 0.15) is 25.5 Å². The SMILES string of the molecule is CCNC1COCC1C(=O)NC(C)c1ccccc1F. The predicted octanol–water partition coefficient (Wildman–Crippen LogP) is 1.63. The highest BCUT2D eigenvalue weighted by Gasteiger charge is 2.34. The van der Waals surface area contributed by atoms with Crippen molar-refractivity contribution in [1.82, 2.24) is 10.6 Å². The van der Waals surface area contributed by atoms with E-state index in [2.05, 4.69) is 10.6 Å². The molecule has 20 heavy (non-hydrogen) atoms. The summed E-state index contributed by atoms with van der Waals surface area (Å²) in [5.41, 5.74) is 0.500. The minimum Gasteiger partial charge on any atom is -0.379 e. The number of halogens is 1. The van der Waals surface area contributed by atoms with E-state index in [0.29, 0.717) is 18.8 Å². The summed E-state index contributed by atoms with van der Waals surface area (Å²) in [6, 6.07) is 6.17. The van der Waals surface area contributed by atoms with Crippen LogP contribution in [0.15, 0.2) is 24.3 Å². The van der Waals surface area contributed by atoms with Crippen LogP contribution in [0.5, 0.6) is 0 Å². The highest BCUT2D eigenvalue weighted by molar-refractivity contribution is 5.80. The number of ether oxygens (including phenoxy) is 1. The summed E-state index contributed by atoms with van der Waals surface area (Å²) in [6.45, 7) is 5.53. The average molecular weight is 280 g/mol. The molecule has 3 unspecified atom stereocenters. The van der Waals surface area contributed by atoms with Crippen molar-refractivity contribution in [1.29, 1.82) is 0 Å². The van der Waals surface area contributed by atoms with Gasteiger partial charge in [-0.2, -0.15) is 0 Å². The third kappa shape index (κ3) is 3.35. The lowest BCUT2D eigenvalue weighted by Gasteiger charge is -2.21. The van der Waals surface area contributed by atoms with Gasteiger partial charge in [0.05, 0.1) is 25.2 Å². The van der Waals surface area contributed by atoms with Gasteiger partial charge >= 0.3 is 0 Å². The first-order valence-corrected chi connectivity index (χ1v) is 6.99. The Morgan fingerprint density at radius 3 is 2.90 bits per heavy atom. The predicted molar refractivity (Wildman–Crippen MR) is 74.7 cm³/mol. The lowest BCUT2D eigenvalue weighted by atomic mass is 10.0. The van der Waals surface area contributed by atoms with Crippen molar-refractivity contribution < 1.29 is 13.9 Å². The minimum absolute atomic E-state index is 0.0350. The van der Waals surface area contributed by atoms with E-state index in [1.165, 1.54) is 6.07 Å². The largest absolute Gasteiger partial charge is 0.379 e. The van der Waals surface area contributed by atoms with Gasteiger partial charge in [0.1, 0.15) is 5.82 Å². The second-order valence-corrected chi connectivity index (χ2v) is 5.06. The molecule has 1 aliphatic rings. The summed E-state index contributed by atoms with van der Waals surface area (Å²) >= 11 is 0. The van der Waals surface area contributed by atoms with E-state index >= 15 is 0 Å². The Kier molecular flexibility index (Phi) is 5.09. The monoisotopic (exact) mass is 280 g/mol. The van der Waals surface area contributed by atoms with Crippen molar-refractivity contribution in [3.05, 3.63) is 35.6 Å². The van der Waals surface area contributed by atoms with Crippen molar-refractivity contribution in [3.63, 3.8) is 0 Å². The summed E-state index contributed by atoms with van der Waals surface area (Å²) in [7, 11) is 0. The maximum absolute atomic E-state index is 13.7. The van der Waals surface area contributed by atoms with Crippen molar-refractivity contribution in [2.45, 2.75) is 25.9 Å². The van der Waals surface area contributed by atoms with Gasteiger partial charge in [0, 0.05) is 11.6 Å². The van der Waals surface area contributed by atoms with E-state index in [-0.39, 0.29) is 29.7 Å². The molecule has 1 fully saturated rings. The molecule has 0 radical (unpaired) electrons. The van der Waals surface area contributed by atoms with Gasteiger partial charge in [-0.3, -0.25) is 4.79 Å². The normalized spacial score (nSPS) is 23.6. The zero-order valence-corrected chi connectivity index (χ0v) is 11.9. The standard InChI is InChI=1S/C15H21FN2O2/c1-3-17-14-9-20-8-12(14)15(19)18-10(2)11-6-4-5-7-13(11)16/h4-7,10,12,14,17H,3,8-9H2,1-2H3,(H,18,19). The van der Waals surface area contributed by atoms with Gasteiger partial charge in [-0.1, -0.05) is 25.1 Å². The van der Waals surface area contributed by atoms with Crippen LogP contribution < -0.4 is 10.6 Å². The Labute approximate surface area is 118 Å². The molecule has 0 bridgehead atoms. The molecule has 1 aromatic carbocycles. The van der Waals surface area contributed by atoms with Gasteiger partial charge in [0.15, 0.2) is 0 Å². The van der Waals surface area contributed by atoms with E-state index in [0.717, 1.165) is 6.54 Å². The first-order valence-electron chi connectivity index (χ1n) is 6.99. The van der Waals surface area contributed by atoms with Gasteiger partial charge in [0.25, 0.3) is 0 Å². The zero-order valence-electron chi connectivity index (χ0n) is 11.9. The fraction of sp³-hybridized carbons (Fsp3) is 0.533. The molecule has 0 aromatic heterocycles. The molecular formula is C15H21FN2O2. The third-order valence-corrected chi connectivity index (χ3v) is 3.61. The van der Waals surface area contributed by atoms with E-state index < -0.39 is 0 Å². The third-order valence-electron chi connectivity index (χ3n) is 3.61. The Morgan fingerprint density at radius 2 is 2.20 bits per heavy atom. The highest BCUT2D eigenvalue weighted by Crippen LogP contribution is 2.19. The Hall–Kier alpha value is -1.46. The van der Waals surface area contributed by atoms with E-state index in [4.69, 9.17) is 4.74 Å². The first-order chi connectivity index (χ1) is 9.63. The van der Waals surface area contributed by atoms with E-state index in [1.54, 1.807) is 25.1 Å². The van der Waals surface area contributed by atoms with Crippen LogP contribution in [-0.2, 0) is 9.53 Å². The quantitative estimate of drug-likeness (QED) is 0.862. The molecule has 0 aliphatic carbocycles. The van der Waals surface area contributed by atoms with Crippen molar-refractivity contribution in [3.8, 4) is 0 Å². The maximum Gasteiger partial charge on any atom is 0.227 e. The molecule has 1 amide bonds. The zero-order chi connectivity index (χ0) is 14.5. The smallest absolute Gasteiger partial charge is 0.227 e. The number of carbonyl (C=O) groups is 1. The Bertz CT molecular complexity index is 467. The second kappa shape index (κ2) is 6.81. The van der Waals surface area contributed by atoms with Gasteiger partial charge < -0.3 is 15.4 Å². The molecule has 1 saturated heterocycles. The van der Waals surface area contributed by atoms with Crippen LogP contribution in [0.4, 0.5) is 4.39 Å². The molecule has 2 N–H and O–H groups in total. The second-order valence-electron chi connectivity index (χ2n) is 5.06. The van der Waals surface area contributed by atoms with Crippen LogP contribution in [0, 0.1) is 11.7 Å². The maximum atomic E-state index is 13.7. The molecule has 3 atom stereocenters. The summed E-state index contributed by atoms with van der Waals surface area (Å²) < 4.78 is 19.0. The average Bonchev–Trinajstić information content (AvgIpc) is 2.88. The number of carbonyl (C=O) groups excluding carboxylic acids is 1. The number of amides is 1. The number of benzene rings is 1. The summed E-state index contributed by atoms with van der Waals surface area (Å²) in [5, 5.41) is 6.11. The number of rotatable bonds is 5. The molecule has 1 heterocycles. The van der Waals surface area contributed by atoms with Crippen molar-refractivity contribution >= 4 is 5.91 Å². The lowest BCUT2D eigenvalue weighted by Crippen LogP contribution is -2.44. The fourth-order valence-corrected chi connectivity index (χ4v) is 2.50. The fourth-order valence-electron chi connectivity index (χ4n) is 2.50. The molecular weight excluding hydrogens is 259 g/mol. The Morgan fingerprint density at radius 1 is 1.45 bits per heavy atom. The minimum atomic E-state index is -0.355. The molecule has 1 aromatic rings. The van der Waals surface area contributed by atoms with E-state index in [9.17, 15) is 9.18 Å².